The highest BCUT2D eigenvalue weighted by atomic mass is 32.2. The van der Waals surface area contributed by atoms with E-state index < -0.39 is 18.1 Å². The Morgan fingerprint density at radius 1 is 1.35 bits per heavy atom. The third-order valence-electron chi connectivity index (χ3n) is 3.79. The van der Waals surface area contributed by atoms with Gasteiger partial charge in [-0.25, -0.2) is 4.98 Å². The molecule has 1 aromatic heterocycles. The number of nitrogens with zero attached hydrogens (tertiary/aromatic N) is 2. The van der Waals surface area contributed by atoms with Crippen LogP contribution in [0.15, 0.2) is 28.6 Å². The third kappa shape index (κ3) is 3.80. The van der Waals surface area contributed by atoms with E-state index in [1.807, 2.05) is 24.3 Å². The van der Waals surface area contributed by atoms with Crippen LogP contribution in [0.5, 0.6) is 0 Å². The summed E-state index contributed by atoms with van der Waals surface area (Å²) >= 11 is 2.66. The molecule has 1 saturated heterocycles. The molecule has 0 bridgehead atoms. The van der Waals surface area contributed by atoms with Crippen molar-refractivity contribution in [3.63, 3.8) is 0 Å². The van der Waals surface area contributed by atoms with Crippen molar-refractivity contribution in [1.29, 1.82) is 0 Å². The molecule has 124 valence electrons. The number of halogens is 3. The molecule has 2 heterocycles. The number of fused-ring (bicyclic) bond motifs is 1. The molecule has 1 aromatic carbocycles. The number of hydrogen-bond donors (Lipinski definition) is 0. The number of benzene rings is 1. The summed E-state index contributed by atoms with van der Waals surface area (Å²) in [5.74, 6) is -0.469. The SMILES string of the molecule is O=C(CSc1nc2ccccc2s1)N1CCCCC1C(F)(F)F. The van der Waals surface area contributed by atoms with Crippen LogP contribution >= 0.6 is 23.1 Å². The molecule has 0 aliphatic carbocycles. The summed E-state index contributed by atoms with van der Waals surface area (Å²) < 4.78 is 40.8. The number of thioether (sulfide) groups is 1. The van der Waals surface area contributed by atoms with Gasteiger partial charge in [-0.15, -0.1) is 11.3 Å². The maximum absolute atomic E-state index is 13.0. The fourth-order valence-electron chi connectivity index (χ4n) is 2.69. The van der Waals surface area contributed by atoms with Gasteiger partial charge in [-0.05, 0) is 31.4 Å². The Balaban J connectivity index is 1.65. The lowest BCUT2D eigenvalue weighted by atomic mass is 10.0. The van der Waals surface area contributed by atoms with Crippen LogP contribution in [0, 0.1) is 0 Å². The fourth-order valence-corrected chi connectivity index (χ4v) is 4.64. The van der Waals surface area contributed by atoms with E-state index in [2.05, 4.69) is 4.98 Å². The molecule has 0 saturated carbocycles. The Morgan fingerprint density at radius 3 is 2.87 bits per heavy atom. The lowest BCUT2D eigenvalue weighted by molar-refractivity contribution is -0.194. The first-order valence-corrected chi connectivity index (χ1v) is 9.10. The molecule has 1 atom stereocenters. The molecular formula is C15H15F3N2OS2. The van der Waals surface area contributed by atoms with Crippen molar-refractivity contribution in [3.05, 3.63) is 24.3 Å². The number of carbonyl (C=O) groups is 1. The number of alkyl halides is 3. The van der Waals surface area contributed by atoms with Crippen LogP contribution in [0.2, 0.25) is 0 Å². The normalized spacial score (nSPS) is 19.3. The molecule has 0 N–H and O–H groups in total. The molecule has 2 aromatic rings. The number of amides is 1. The zero-order valence-corrected chi connectivity index (χ0v) is 13.8. The van der Waals surface area contributed by atoms with Gasteiger partial charge in [0, 0.05) is 6.54 Å². The highest BCUT2D eigenvalue weighted by Gasteiger charge is 2.46. The van der Waals surface area contributed by atoms with Gasteiger partial charge in [0.05, 0.1) is 16.0 Å². The van der Waals surface area contributed by atoms with Gasteiger partial charge in [-0.3, -0.25) is 4.79 Å². The van der Waals surface area contributed by atoms with Crippen molar-refractivity contribution in [2.45, 2.75) is 35.8 Å². The summed E-state index contributed by atoms with van der Waals surface area (Å²) in [6.45, 7) is 0.184. The minimum absolute atomic E-state index is 0.00104. The van der Waals surface area contributed by atoms with Gasteiger partial charge >= 0.3 is 6.18 Å². The average molecular weight is 360 g/mol. The Hall–Kier alpha value is -1.28. The molecule has 8 heteroatoms. The number of likely N-dealkylation sites (tertiary alicyclic amines) is 1. The van der Waals surface area contributed by atoms with Crippen LogP contribution in [-0.4, -0.2) is 40.3 Å². The Labute approximate surface area is 139 Å². The Morgan fingerprint density at radius 2 is 2.13 bits per heavy atom. The average Bonchev–Trinajstić information content (AvgIpc) is 2.94. The molecule has 1 aliphatic heterocycles. The van der Waals surface area contributed by atoms with Crippen molar-refractivity contribution in [1.82, 2.24) is 9.88 Å². The first-order valence-electron chi connectivity index (χ1n) is 7.30. The quantitative estimate of drug-likeness (QED) is 0.764. The zero-order chi connectivity index (χ0) is 16.4. The second kappa shape index (κ2) is 6.68. The van der Waals surface area contributed by atoms with E-state index in [9.17, 15) is 18.0 Å². The second-order valence-electron chi connectivity index (χ2n) is 5.38. The van der Waals surface area contributed by atoms with Crippen LogP contribution in [0.1, 0.15) is 19.3 Å². The lowest BCUT2D eigenvalue weighted by Gasteiger charge is -2.36. The van der Waals surface area contributed by atoms with Crippen LogP contribution in [0.4, 0.5) is 13.2 Å². The number of hydrogen-bond acceptors (Lipinski definition) is 4. The van der Waals surface area contributed by atoms with Crippen molar-refractivity contribution < 1.29 is 18.0 Å². The van der Waals surface area contributed by atoms with Crippen LogP contribution in [0.25, 0.3) is 10.2 Å². The summed E-state index contributed by atoms with van der Waals surface area (Å²) in [7, 11) is 0. The van der Waals surface area contributed by atoms with Gasteiger partial charge in [-0.1, -0.05) is 23.9 Å². The third-order valence-corrected chi connectivity index (χ3v) is 5.96. The van der Waals surface area contributed by atoms with E-state index in [-0.39, 0.29) is 18.7 Å². The number of aromatic nitrogens is 1. The largest absolute Gasteiger partial charge is 0.408 e. The first kappa shape index (κ1) is 16.6. The fraction of sp³-hybridized carbons (Fsp3) is 0.467. The van der Waals surface area contributed by atoms with Crippen molar-refractivity contribution in [2.75, 3.05) is 12.3 Å². The highest BCUT2D eigenvalue weighted by Crippen LogP contribution is 2.33. The minimum Gasteiger partial charge on any atom is -0.330 e. The Bertz CT molecular complexity index is 668. The molecule has 0 spiro atoms. The Kier molecular flexibility index (Phi) is 4.82. The number of thiazole rings is 1. The highest BCUT2D eigenvalue weighted by molar-refractivity contribution is 8.01. The van der Waals surface area contributed by atoms with Crippen LogP contribution in [0.3, 0.4) is 0 Å². The molecule has 3 nitrogen and oxygen atoms in total. The van der Waals surface area contributed by atoms with Crippen molar-refractivity contribution >= 4 is 39.2 Å². The minimum atomic E-state index is -4.35. The monoisotopic (exact) mass is 360 g/mol. The maximum atomic E-state index is 13.0. The number of piperidine rings is 1. The van der Waals surface area contributed by atoms with E-state index in [1.54, 1.807) is 0 Å². The summed E-state index contributed by atoms with van der Waals surface area (Å²) in [5.41, 5.74) is 0.846. The van der Waals surface area contributed by atoms with Gasteiger partial charge in [0.25, 0.3) is 0 Å². The summed E-state index contributed by atoms with van der Waals surface area (Å²) in [6.07, 6.45) is -3.21. The topological polar surface area (TPSA) is 33.2 Å². The van der Waals surface area contributed by atoms with Gasteiger partial charge in [0.1, 0.15) is 6.04 Å². The van der Waals surface area contributed by atoms with E-state index >= 15 is 0 Å². The molecule has 1 aliphatic rings. The second-order valence-corrected chi connectivity index (χ2v) is 7.63. The van der Waals surface area contributed by atoms with Crippen LogP contribution < -0.4 is 0 Å². The standard InChI is InChI=1S/C15H15F3N2OS2/c16-15(17,18)12-7-3-4-8-20(12)13(21)9-22-14-19-10-5-1-2-6-11(10)23-14/h1-2,5-6,12H,3-4,7-9H2. The summed E-state index contributed by atoms with van der Waals surface area (Å²) in [5, 5.41) is 0. The van der Waals surface area contributed by atoms with Crippen molar-refractivity contribution in [2.24, 2.45) is 0 Å². The molecular weight excluding hydrogens is 345 g/mol. The lowest BCUT2D eigenvalue weighted by Crippen LogP contribution is -2.51. The smallest absolute Gasteiger partial charge is 0.330 e. The predicted molar refractivity (Wildman–Crippen MR) is 85.8 cm³/mol. The van der Waals surface area contributed by atoms with E-state index in [1.165, 1.54) is 23.1 Å². The first-order chi connectivity index (χ1) is 10.9. The molecule has 1 fully saturated rings. The van der Waals surface area contributed by atoms with Gasteiger partial charge in [-0.2, -0.15) is 13.2 Å². The van der Waals surface area contributed by atoms with Gasteiger partial charge in [0.2, 0.25) is 5.91 Å². The molecule has 0 radical (unpaired) electrons. The van der Waals surface area contributed by atoms with E-state index in [4.69, 9.17) is 0 Å². The number of para-hydroxylation sites is 1. The van der Waals surface area contributed by atoms with Crippen molar-refractivity contribution in [3.8, 4) is 0 Å². The zero-order valence-electron chi connectivity index (χ0n) is 12.2. The number of rotatable bonds is 3. The molecule has 1 unspecified atom stereocenters. The van der Waals surface area contributed by atoms with E-state index in [0.717, 1.165) is 15.1 Å². The predicted octanol–water partition coefficient (Wildman–Crippen LogP) is 4.33. The maximum Gasteiger partial charge on any atom is 0.408 e. The molecule has 3 rings (SSSR count). The summed E-state index contributed by atoms with van der Waals surface area (Å²) in [4.78, 5) is 17.6. The van der Waals surface area contributed by atoms with Gasteiger partial charge < -0.3 is 4.90 Å². The molecule has 1 amide bonds. The van der Waals surface area contributed by atoms with E-state index in [0.29, 0.717) is 17.2 Å². The molecule has 23 heavy (non-hydrogen) atoms. The van der Waals surface area contributed by atoms with Gasteiger partial charge in [0.15, 0.2) is 4.34 Å². The number of carbonyl (C=O) groups excluding carboxylic acids is 1. The summed E-state index contributed by atoms with van der Waals surface area (Å²) in [6, 6.07) is 5.95. The van der Waals surface area contributed by atoms with Crippen LogP contribution in [-0.2, 0) is 4.79 Å².